The summed E-state index contributed by atoms with van der Waals surface area (Å²) in [6.07, 6.45) is 0. The second kappa shape index (κ2) is 9.27. The molecule has 0 amide bonds. The molecular formula is C18H21ClN2O3. The monoisotopic (exact) mass is 348 g/mol. The van der Waals surface area contributed by atoms with E-state index in [1.807, 2.05) is 50.2 Å². The molecule has 6 heteroatoms. The zero-order chi connectivity index (χ0) is 17.4. The van der Waals surface area contributed by atoms with Crippen molar-refractivity contribution in [2.24, 2.45) is 5.16 Å². The Morgan fingerprint density at radius 1 is 1.08 bits per heavy atom. The van der Waals surface area contributed by atoms with Crippen molar-refractivity contribution in [1.82, 2.24) is 5.48 Å². The van der Waals surface area contributed by atoms with Gasteiger partial charge in [0.05, 0.1) is 18.4 Å². The second-order valence-corrected chi connectivity index (χ2v) is 5.46. The number of hydroxylamine groups is 1. The van der Waals surface area contributed by atoms with Crippen LogP contribution in [0.5, 0.6) is 11.5 Å². The van der Waals surface area contributed by atoms with Gasteiger partial charge < -0.3 is 14.4 Å². The van der Waals surface area contributed by atoms with E-state index in [0.717, 1.165) is 22.8 Å². The number of hydrogen-bond acceptors (Lipinski definition) is 5. The molecule has 0 aliphatic heterocycles. The van der Waals surface area contributed by atoms with Crippen LogP contribution in [-0.4, -0.2) is 19.4 Å². The van der Waals surface area contributed by atoms with Crippen LogP contribution >= 0.6 is 11.6 Å². The van der Waals surface area contributed by atoms with Gasteiger partial charge in [-0.2, -0.15) is 5.48 Å². The van der Waals surface area contributed by atoms with Gasteiger partial charge in [0.25, 0.3) is 0 Å². The molecule has 0 fully saturated rings. The van der Waals surface area contributed by atoms with Gasteiger partial charge >= 0.3 is 0 Å². The van der Waals surface area contributed by atoms with Gasteiger partial charge in [0.15, 0.2) is 0 Å². The topological polar surface area (TPSA) is 52.1 Å². The van der Waals surface area contributed by atoms with Crippen molar-refractivity contribution in [2.75, 3.05) is 13.7 Å². The maximum absolute atomic E-state index is 5.87. The number of benzene rings is 2. The average Bonchev–Trinajstić information content (AvgIpc) is 2.59. The van der Waals surface area contributed by atoms with Crippen molar-refractivity contribution in [2.45, 2.75) is 19.9 Å². The van der Waals surface area contributed by atoms with Crippen LogP contribution in [0.2, 0.25) is 5.02 Å². The van der Waals surface area contributed by atoms with E-state index in [-0.39, 0.29) is 6.04 Å². The molecule has 0 radical (unpaired) electrons. The lowest BCUT2D eigenvalue weighted by Crippen LogP contribution is -2.27. The van der Waals surface area contributed by atoms with Gasteiger partial charge in [0.1, 0.15) is 18.6 Å². The average molecular weight is 349 g/mol. The zero-order valence-corrected chi connectivity index (χ0v) is 14.7. The number of nitrogens with one attached hydrogen (secondary N) is 1. The van der Waals surface area contributed by atoms with Crippen LogP contribution in [0.15, 0.2) is 53.7 Å². The van der Waals surface area contributed by atoms with E-state index in [0.29, 0.717) is 11.6 Å². The first-order valence-corrected chi connectivity index (χ1v) is 8.00. The third kappa shape index (κ3) is 5.23. The van der Waals surface area contributed by atoms with E-state index in [1.54, 1.807) is 12.1 Å². The van der Waals surface area contributed by atoms with Gasteiger partial charge in [0.2, 0.25) is 0 Å². The highest BCUT2D eigenvalue weighted by atomic mass is 35.5. The summed E-state index contributed by atoms with van der Waals surface area (Å²) in [5.74, 6) is 1.46. The predicted octanol–water partition coefficient (Wildman–Crippen LogP) is 4.74. The van der Waals surface area contributed by atoms with E-state index in [9.17, 15) is 0 Å². The summed E-state index contributed by atoms with van der Waals surface area (Å²) in [6, 6.07) is 14.7. The van der Waals surface area contributed by atoms with Gasteiger partial charge in [-0.1, -0.05) is 28.9 Å². The molecule has 0 aliphatic rings. The van der Waals surface area contributed by atoms with Crippen molar-refractivity contribution in [3.8, 4) is 11.5 Å². The Labute approximate surface area is 147 Å². The van der Waals surface area contributed by atoms with Crippen molar-refractivity contribution < 1.29 is 14.4 Å². The summed E-state index contributed by atoms with van der Waals surface area (Å²) in [7, 11) is 1.52. The molecule has 128 valence electrons. The Balaban J connectivity index is 2.12. The highest BCUT2D eigenvalue weighted by molar-refractivity contribution is 6.30. The first-order valence-electron chi connectivity index (χ1n) is 7.62. The molecule has 1 unspecified atom stereocenters. The molecule has 0 spiro atoms. The molecule has 0 bridgehead atoms. The maximum Gasteiger partial charge on any atom is 0.127 e. The Bertz CT molecular complexity index is 657. The van der Waals surface area contributed by atoms with Crippen molar-refractivity contribution >= 4 is 17.3 Å². The molecule has 2 aromatic carbocycles. The number of halogens is 1. The lowest BCUT2D eigenvalue weighted by atomic mass is 10.0. The minimum atomic E-state index is -0.200. The van der Waals surface area contributed by atoms with Gasteiger partial charge in [-0.15, -0.1) is 0 Å². The standard InChI is InChI=1S/C18H21ClN2O3/c1-4-23-21-18(13(2)20-22-3)14-5-9-16(10-6-14)24-17-11-7-15(19)8-12-17/h5-12,18,21H,4H2,1-3H3/b20-13+. The number of nitrogens with zero attached hydrogens (tertiary/aromatic N) is 1. The minimum absolute atomic E-state index is 0.200. The van der Waals surface area contributed by atoms with E-state index in [2.05, 4.69) is 10.6 Å². The normalized spacial score (nSPS) is 12.8. The maximum atomic E-state index is 5.87. The molecule has 2 aromatic rings. The summed E-state index contributed by atoms with van der Waals surface area (Å²) in [5.41, 5.74) is 4.73. The minimum Gasteiger partial charge on any atom is -0.457 e. The van der Waals surface area contributed by atoms with Crippen LogP contribution < -0.4 is 10.2 Å². The molecule has 1 atom stereocenters. The number of hydrogen-bond donors (Lipinski definition) is 1. The lowest BCUT2D eigenvalue weighted by Gasteiger charge is -2.18. The summed E-state index contributed by atoms with van der Waals surface area (Å²) in [5, 5.41) is 4.66. The van der Waals surface area contributed by atoms with Gasteiger partial charge in [-0.05, 0) is 55.8 Å². The van der Waals surface area contributed by atoms with Gasteiger partial charge in [-0.25, -0.2) is 0 Å². The first kappa shape index (κ1) is 18.3. The summed E-state index contributed by atoms with van der Waals surface area (Å²) in [6.45, 7) is 4.34. The van der Waals surface area contributed by atoms with Crippen LogP contribution in [0.3, 0.4) is 0 Å². The van der Waals surface area contributed by atoms with Crippen molar-refractivity contribution in [3.05, 3.63) is 59.1 Å². The van der Waals surface area contributed by atoms with Crippen LogP contribution in [-0.2, 0) is 9.68 Å². The smallest absolute Gasteiger partial charge is 0.127 e. The quantitative estimate of drug-likeness (QED) is 0.553. The Kier molecular flexibility index (Phi) is 7.06. The fraction of sp³-hybridized carbons (Fsp3) is 0.278. The summed E-state index contributed by atoms with van der Waals surface area (Å²) >= 11 is 5.87. The van der Waals surface area contributed by atoms with E-state index in [4.69, 9.17) is 26.0 Å². The van der Waals surface area contributed by atoms with E-state index < -0.39 is 0 Å². The zero-order valence-electron chi connectivity index (χ0n) is 14.0. The van der Waals surface area contributed by atoms with Crippen molar-refractivity contribution in [3.63, 3.8) is 0 Å². The molecule has 0 saturated carbocycles. The largest absolute Gasteiger partial charge is 0.457 e. The molecule has 0 heterocycles. The SMILES string of the molecule is CCONC(/C(C)=N/OC)c1ccc(Oc2ccc(Cl)cc2)cc1. The Morgan fingerprint density at radius 2 is 1.67 bits per heavy atom. The van der Waals surface area contributed by atoms with Crippen LogP contribution in [0.1, 0.15) is 25.5 Å². The Hall–Kier alpha value is -2.08. The molecule has 5 nitrogen and oxygen atoms in total. The number of rotatable bonds is 8. The summed E-state index contributed by atoms with van der Waals surface area (Å²) in [4.78, 5) is 10.2. The van der Waals surface area contributed by atoms with E-state index in [1.165, 1.54) is 7.11 Å². The molecule has 0 aliphatic carbocycles. The van der Waals surface area contributed by atoms with Crippen LogP contribution in [0.4, 0.5) is 0 Å². The molecule has 24 heavy (non-hydrogen) atoms. The van der Waals surface area contributed by atoms with Gasteiger partial charge in [-0.3, -0.25) is 0 Å². The van der Waals surface area contributed by atoms with Crippen molar-refractivity contribution in [1.29, 1.82) is 0 Å². The third-order valence-corrected chi connectivity index (χ3v) is 3.51. The molecule has 0 saturated heterocycles. The summed E-state index contributed by atoms with van der Waals surface area (Å²) < 4.78 is 5.79. The predicted molar refractivity (Wildman–Crippen MR) is 95.6 cm³/mol. The van der Waals surface area contributed by atoms with Gasteiger partial charge in [0, 0.05) is 5.02 Å². The highest BCUT2D eigenvalue weighted by Gasteiger charge is 2.16. The molecular weight excluding hydrogens is 328 g/mol. The van der Waals surface area contributed by atoms with E-state index >= 15 is 0 Å². The highest BCUT2D eigenvalue weighted by Crippen LogP contribution is 2.25. The fourth-order valence-electron chi connectivity index (χ4n) is 2.12. The first-order chi connectivity index (χ1) is 11.6. The Morgan fingerprint density at radius 3 is 2.21 bits per heavy atom. The number of ether oxygens (including phenoxy) is 1. The number of oxime groups is 1. The van der Waals surface area contributed by atoms with Crippen LogP contribution in [0.25, 0.3) is 0 Å². The third-order valence-electron chi connectivity index (χ3n) is 3.26. The van der Waals surface area contributed by atoms with Crippen LogP contribution in [0, 0.1) is 0 Å². The molecule has 2 rings (SSSR count). The fourth-order valence-corrected chi connectivity index (χ4v) is 2.25. The lowest BCUT2D eigenvalue weighted by molar-refractivity contribution is 0.0382. The second-order valence-electron chi connectivity index (χ2n) is 5.02. The molecule has 1 N–H and O–H groups in total. The molecule has 0 aromatic heterocycles.